The maximum atomic E-state index is 12.6. The number of carboxylic acids is 1. The van der Waals surface area contributed by atoms with E-state index in [1.165, 1.54) is 0 Å². The predicted octanol–water partition coefficient (Wildman–Crippen LogP) is 1.63. The van der Waals surface area contributed by atoms with E-state index in [0.29, 0.717) is 6.07 Å². The normalized spacial score (nSPS) is 10.5. The molecule has 0 fully saturated rings. The van der Waals surface area contributed by atoms with Gasteiger partial charge in [-0.25, -0.2) is 13.6 Å². The Morgan fingerprint density at radius 3 is 2.13 bits per heavy atom. The zero-order valence-electron chi connectivity index (χ0n) is 7.41. The lowest BCUT2D eigenvalue weighted by molar-refractivity contribution is -0.146. The van der Waals surface area contributed by atoms with E-state index in [4.69, 9.17) is 5.11 Å². The molecule has 15 heavy (non-hydrogen) atoms. The maximum Gasteiger partial charge on any atom is 0.376 e. The lowest BCUT2D eigenvalue weighted by atomic mass is 10.2. The topological polar surface area (TPSA) is 54.4 Å². The molecule has 0 radical (unpaired) electrons. The summed E-state index contributed by atoms with van der Waals surface area (Å²) in [6, 6.07) is 2.64. The number of ketones is 1. The summed E-state index contributed by atoms with van der Waals surface area (Å²) in [4.78, 5) is 20.7. The first-order valence-corrected chi connectivity index (χ1v) is 3.90. The van der Waals surface area contributed by atoms with E-state index in [-0.39, 0.29) is 5.56 Å². The molecule has 1 rings (SSSR count). The third-order valence-electron chi connectivity index (χ3n) is 1.52. The first kappa shape index (κ1) is 11.0. The summed E-state index contributed by atoms with van der Waals surface area (Å²) >= 11 is 0. The highest BCUT2D eigenvalue weighted by Gasteiger charge is 2.06. The minimum absolute atomic E-state index is 0.0853. The molecule has 78 valence electrons. The Balaban J connectivity index is 2.89. The van der Waals surface area contributed by atoms with Gasteiger partial charge in [-0.05, 0) is 23.8 Å². The number of hydrogen-bond donors (Lipinski definition) is 1. The average Bonchev–Trinajstić information content (AvgIpc) is 2.12. The molecule has 0 aliphatic rings. The van der Waals surface area contributed by atoms with E-state index < -0.39 is 23.4 Å². The monoisotopic (exact) mass is 212 g/mol. The van der Waals surface area contributed by atoms with Gasteiger partial charge in [0.05, 0.1) is 0 Å². The molecular weight excluding hydrogens is 206 g/mol. The number of carbonyl (C=O) groups is 2. The summed E-state index contributed by atoms with van der Waals surface area (Å²) in [5.41, 5.74) is 0.0853. The van der Waals surface area contributed by atoms with Gasteiger partial charge in [-0.1, -0.05) is 6.08 Å². The van der Waals surface area contributed by atoms with Crippen LogP contribution in [0.1, 0.15) is 5.56 Å². The van der Waals surface area contributed by atoms with Crippen molar-refractivity contribution < 1.29 is 23.5 Å². The first-order chi connectivity index (χ1) is 6.99. The standard InChI is InChI=1S/C10H6F2O3/c11-7-3-6(4-8(12)5-7)1-2-9(13)10(14)15/h1-5H,(H,14,15)/b2-1+. The molecule has 1 aromatic carbocycles. The summed E-state index contributed by atoms with van der Waals surface area (Å²) in [5.74, 6) is -4.36. The summed E-state index contributed by atoms with van der Waals surface area (Å²) < 4.78 is 25.3. The molecular formula is C10H6F2O3. The highest BCUT2D eigenvalue weighted by molar-refractivity contribution is 6.38. The van der Waals surface area contributed by atoms with Crippen LogP contribution in [0.15, 0.2) is 24.3 Å². The van der Waals surface area contributed by atoms with Gasteiger partial charge in [0.25, 0.3) is 5.78 Å². The largest absolute Gasteiger partial charge is 0.475 e. The second kappa shape index (κ2) is 4.45. The molecule has 0 amide bonds. The fourth-order valence-corrected chi connectivity index (χ4v) is 0.915. The van der Waals surface area contributed by atoms with Gasteiger partial charge in [0, 0.05) is 6.07 Å². The van der Waals surface area contributed by atoms with Crippen LogP contribution in [-0.2, 0) is 9.59 Å². The van der Waals surface area contributed by atoms with Crippen molar-refractivity contribution in [2.24, 2.45) is 0 Å². The molecule has 0 aliphatic carbocycles. The summed E-state index contributed by atoms with van der Waals surface area (Å²) in [7, 11) is 0. The van der Waals surface area contributed by atoms with Crippen molar-refractivity contribution in [1.29, 1.82) is 0 Å². The van der Waals surface area contributed by atoms with Gasteiger partial charge in [0.15, 0.2) is 0 Å². The van der Waals surface area contributed by atoms with Crippen molar-refractivity contribution in [3.8, 4) is 0 Å². The molecule has 0 aromatic heterocycles. The van der Waals surface area contributed by atoms with E-state index in [1.807, 2.05) is 0 Å². The van der Waals surface area contributed by atoms with E-state index in [9.17, 15) is 18.4 Å². The number of rotatable bonds is 3. The number of carbonyl (C=O) groups excluding carboxylic acids is 1. The Labute approximate surface area is 83.6 Å². The SMILES string of the molecule is O=C(O)C(=O)/C=C/c1cc(F)cc(F)c1. The van der Waals surface area contributed by atoms with Crippen LogP contribution in [0, 0.1) is 11.6 Å². The lowest BCUT2D eigenvalue weighted by Crippen LogP contribution is -2.08. The van der Waals surface area contributed by atoms with Gasteiger partial charge in [-0.3, -0.25) is 4.79 Å². The third kappa shape index (κ3) is 3.30. The van der Waals surface area contributed by atoms with Crippen molar-refractivity contribution in [3.05, 3.63) is 41.5 Å². The fourth-order valence-electron chi connectivity index (χ4n) is 0.915. The van der Waals surface area contributed by atoms with Crippen LogP contribution in [0.4, 0.5) is 8.78 Å². The van der Waals surface area contributed by atoms with Crippen LogP contribution >= 0.6 is 0 Å². The van der Waals surface area contributed by atoms with Crippen molar-refractivity contribution in [2.45, 2.75) is 0 Å². The maximum absolute atomic E-state index is 12.6. The van der Waals surface area contributed by atoms with Gasteiger partial charge >= 0.3 is 5.97 Å². The number of benzene rings is 1. The second-order valence-corrected chi connectivity index (χ2v) is 2.71. The van der Waals surface area contributed by atoms with Gasteiger partial charge in [-0.2, -0.15) is 0 Å². The zero-order valence-corrected chi connectivity index (χ0v) is 7.41. The smallest absolute Gasteiger partial charge is 0.376 e. The van der Waals surface area contributed by atoms with E-state index in [0.717, 1.165) is 24.3 Å². The highest BCUT2D eigenvalue weighted by Crippen LogP contribution is 2.09. The number of halogens is 2. The molecule has 1 N–H and O–H groups in total. The van der Waals surface area contributed by atoms with Crippen LogP contribution in [0.2, 0.25) is 0 Å². The van der Waals surface area contributed by atoms with Crippen LogP contribution in [-0.4, -0.2) is 16.9 Å². The fraction of sp³-hybridized carbons (Fsp3) is 0. The Hall–Kier alpha value is -2.04. The van der Waals surface area contributed by atoms with Gasteiger partial charge < -0.3 is 5.11 Å². The van der Waals surface area contributed by atoms with Gasteiger partial charge in [0.2, 0.25) is 0 Å². The van der Waals surface area contributed by atoms with E-state index in [1.54, 1.807) is 0 Å². The minimum atomic E-state index is -1.62. The molecule has 0 spiro atoms. The van der Waals surface area contributed by atoms with Crippen LogP contribution < -0.4 is 0 Å². The van der Waals surface area contributed by atoms with Gasteiger partial charge in [-0.15, -0.1) is 0 Å². The first-order valence-electron chi connectivity index (χ1n) is 3.90. The Morgan fingerprint density at radius 1 is 1.13 bits per heavy atom. The Kier molecular flexibility index (Phi) is 3.28. The van der Waals surface area contributed by atoms with Crippen LogP contribution in [0.5, 0.6) is 0 Å². The molecule has 5 heteroatoms. The Bertz CT molecular complexity index is 418. The summed E-state index contributed by atoms with van der Waals surface area (Å²) in [6.45, 7) is 0. The van der Waals surface area contributed by atoms with Gasteiger partial charge in [0.1, 0.15) is 11.6 Å². The van der Waals surface area contributed by atoms with Crippen molar-refractivity contribution in [1.82, 2.24) is 0 Å². The van der Waals surface area contributed by atoms with Crippen LogP contribution in [0.3, 0.4) is 0 Å². The molecule has 0 heterocycles. The number of hydrogen-bond acceptors (Lipinski definition) is 2. The van der Waals surface area contributed by atoms with E-state index in [2.05, 4.69) is 0 Å². The lowest BCUT2D eigenvalue weighted by Gasteiger charge is -1.94. The molecule has 0 atom stereocenters. The Morgan fingerprint density at radius 2 is 1.67 bits per heavy atom. The van der Waals surface area contributed by atoms with Crippen molar-refractivity contribution >= 4 is 17.8 Å². The van der Waals surface area contributed by atoms with Crippen molar-refractivity contribution in [3.63, 3.8) is 0 Å². The van der Waals surface area contributed by atoms with Crippen LogP contribution in [0.25, 0.3) is 6.08 Å². The summed E-state index contributed by atoms with van der Waals surface area (Å²) in [6.07, 6.45) is 1.76. The molecule has 0 saturated heterocycles. The minimum Gasteiger partial charge on any atom is -0.475 e. The zero-order chi connectivity index (χ0) is 11.4. The average molecular weight is 212 g/mol. The molecule has 0 saturated carbocycles. The molecule has 3 nitrogen and oxygen atoms in total. The van der Waals surface area contributed by atoms with E-state index >= 15 is 0 Å². The molecule has 0 aliphatic heterocycles. The quantitative estimate of drug-likeness (QED) is 0.612. The number of carboxylic acid groups (broad SMARTS) is 1. The second-order valence-electron chi connectivity index (χ2n) is 2.71. The third-order valence-corrected chi connectivity index (χ3v) is 1.52. The number of aliphatic carboxylic acids is 1. The highest BCUT2D eigenvalue weighted by atomic mass is 19.1. The predicted molar refractivity (Wildman–Crippen MR) is 48.0 cm³/mol. The van der Waals surface area contributed by atoms with Crippen molar-refractivity contribution in [2.75, 3.05) is 0 Å². The molecule has 0 unspecified atom stereocenters. The summed E-state index contributed by atoms with van der Waals surface area (Å²) in [5, 5.41) is 8.22. The molecule has 1 aromatic rings. The molecule has 0 bridgehead atoms.